The normalized spacial score (nSPS) is 49.0. The number of hydrogen-bond acceptors (Lipinski definition) is 4. The van der Waals surface area contributed by atoms with E-state index >= 15 is 0 Å². The second kappa shape index (κ2) is 8.04. The topological polar surface area (TPSA) is 61.8 Å². The van der Waals surface area contributed by atoms with Crippen LogP contribution in [0.15, 0.2) is 0 Å². The molecule has 1 amide bonds. The Hall–Kier alpha value is -0.650. The summed E-state index contributed by atoms with van der Waals surface area (Å²) in [7, 11) is 0. The predicted octanol–water partition coefficient (Wildman–Crippen LogP) is 3.21. The van der Waals surface area contributed by atoms with Gasteiger partial charge in [-0.2, -0.15) is 0 Å². The van der Waals surface area contributed by atoms with Crippen LogP contribution in [-0.4, -0.2) is 60.9 Å². The highest BCUT2D eigenvalue weighted by molar-refractivity contribution is 5.78. The van der Waals surface area contributed by atoms with E-state index in [1.54, 1.807) is 0 Å². The van der Waals surface area contributed by atoms with Crippen LogP contribution in [-0.2, 0) is 9.53 Å². The standard InChI is InChI=1S/C25H42N2O3/c1-24-9-7-18(28)15-17(24)3-4-19-20-5-6-22(25(20,2)10-8-21(19)24)26-23(29)16-27-11-13-30-14-12-27/h17-22,28H,3-16H2,1-2H3,(H,26,29)/t17-,18+,19-,20-,21-,22-,24-,25-/m0/s1. The number of aliphatic hydroxyl groups excluding tert-OH is 1. The highest BCUT2D eigenvalue weighted by atomic mass is 16.5. The van der Waals surface area contributed by atoms with Crippen LogP contribution in [0.4, 0.5) is 0 Å². The van der Waals surface area contributed by atoms with E-state index in [0.717, 1.165) is 69.2 Å². The molecule has 2 N–H and O–H groups in total. The SMILES string of the molecule is C[C@]12CC[C@@H](O)C[C@@H]1CC[C@@H]1[C@@H]2CC[C@]2(C)[C@@H](NC(=O)CN3CCOCC3)CC[C@@H]12. The first kappa shape index (κ1) is 21.2. The molecule has 0 bridgehead atoms. The van der Waals surface area contributed by atoms with Gasteiger partial charge in [-0.1, -0.05) is 13.8 Å². The molecule has 5 fully saturated rings. The summed E-state index contributed by atoms with van der Waals surface area (Å²) >= 11 is 0. The van der Waals surface area contributed by atoms with Crippen molar-refractivity contribution < 1.29 is 14.6 Å². The molecule has 4 aliphatic carbocycles. The van der Waals surface area contributed by atoms with E-state index in [1.807, 2.05) is 0 Å². The van der Waals surface area contributed by atoms with Crippen LogP contribution < -0.4 is 5.32 Å². The van der Waals surface area contributed by atoms with Crippen molar-refractivity contribution in [2.75, 3.05) is 32.8 Å². The van der Waals surface area contributed by atoms with E-state index < -0.39 is 0 Å². The Balaban J connectivity index is 1.25. The Bertz CT molecular complexity index is 650. The molecule has 5 nitrogen and oxygen atoms in total. The summed E-state index contributed by atoms with van der Waals surface area (Å²) in [6.45, 7) is 8.80. The maximum atomic E-state index is 12.8. The summed E-state index contributed by atoms with van der Waals surface area (Å²) in [5, 5.41) is 13.7. The fraction of sp³-hybridized carbons (Fsp3) is 0.960. The average molecular weight is 419 g/mol. The number of carbonyl (C=O) groups excluding carboxylic acids is 1. The van der Waals surface area contributed by atoms with Crippen LogP contribution in [0.2, 0.25) is 0 Å². The largest absolute Gasteiger partial charge is 0.393 e. The van der Waals surface area contributed by atoms with E-state index in [4.69, 9.17) is 4.74 Å². The summed E-state index contributed by atoms with van der Waals surface area (Å²) in [6.07, 6.45) is 10.8. The Labute approximate surface area is 182 Å². The number of nitrogens with one attached hydrogen (secondary N) is 1. The van der Waals surface area contributed by atoms with E-state index in [9.17, 15) is 9.90 Å². The average Bonchev–Trinajstić information content (AvgIpc) is 3.05. The fourth-order valence-corrected chi connectivity index (χ4v) is 8.67. The molecule has 0 aromatic carbocycles. The molecule has 1 saturated heterocycles. The van der Waals surface area contributed by atoms with E-state index in [1.165, 1.54) is 38.5 Å². The summed E-state index contributed by atoms with van der Waals surface area (Å²) in [5.41, 5.74) is 0.695. The van der Waals surface area contributed by atoms with Gasteiger partial charge >= 0.3 is 0 Å². The molecule has 170 valence electrons. The molecule has 1 heterocycles. The number of hydrogen-bond donors (Lipinski definition) is 2. The van der Waals surface area contributed by atoms with E-state index in [-0.39, 0.29) is 17.4 Å². The number of carbonyl (C=O) groups is 1. The van der Waals surface area contributed by atoms with Gasteiger partial charge in [0.2, 0.25) is 5.91 Å². The molecule has 0 spiro atoms. The maximum Gasteiger partial charge on any atom is 0.234 e. The number of rotatable bonds is 3. The lowest BCUT2D eigenvalue weighted by Crippen LogP contribution is -2.56. The second-order valence-corrected chi connectivity index (χ2v) is 11.7. The first-order valence-electron chi connectivity index (χ1n) is 12.7. The molecule has 30 heavy (non-hydrogen) atoms. The lowest BCUT2D eigenvalue weighted by atomic mass is 9.45. The predicted molar refractivity (Wildman–Crippen MR) is 117 cm³/mol. The minimum Gasteiger partial charge on any atom is -0.393 e. The molecular formula is C25H42N2O3. The number of aliphatic hydroxyl groups is 1. The molecule has 5 aliphatic rings. The van der Waals surface area contributed by atoms with Crippen LogP contribution in [0.3, 0.4) is 0 Å². The monoisotopic (exact) mass is 418 g/mol. The highest BCUT2D eigenvalue weighted by Gasteiger charge is 2.60. The molecule has 5 heteroatoms. The molecule has 0 aromatic rings. The molecule has 8 atom stereocenters. The van der Waals surface area contributed by atoms with Crippen molar-refractivity contribution in [2.24, 2.45) is 34.5 Å². The van der Waals surface area contributed by atoms with Gasteiger partial charge in [-0.15, -0.1) is 0 Å². The molecule has 0 radical (unpaired) electrons. The van der Waals surface area contributed by atoms with Crippen LogP contribution in [0.25, 0.3) is 0 Å². The van der Waals surface area contributed by atoms with Crippen molar-refractivity contribution in [3.8, 4) is 0 Å². The van der Waals surface area contributed by atoms with Gasteiger partial charge in [0.05, 0.1) is 25.9 Å². The Morgan fingerprint density at radius 3 is 2.53 bits per heavy atom. The number of ether oxygens (including phenoxy) is 1. The van der Waals surface area contributed by atoms with E-state index in [0.29, 0.717) is 18.0 Å². The van der Waals surface area contributed by atoms with Crippen LogP contribution in [0.5, 0.6) is 0 Å². The number of fused-ring (bicyclic) bond motifs is 5. The molecule has 4 saturated carbocycles. The maximum absolute atomic E-state index is 12.8. The lowest BCUT2D eigenvalue weighted by Gasteiger charge is -2.61. The van der Waals surface area contributed by atoms with Gasteiger partial charge in [0, 0.05) is 19.1 Å². The molecule has 0 aromatic heterocycles. The smallest absolute Gasteiger partial charge is 0.234 e. The summed E-state index contributed by atoms with van der Waals surface area (Å²) in [4.78, 5) is 15.0. The summed E-state index contributed by atoms with van der Waals surface area (Å²) in [6, 6.07) is 0.343. The van der Waals surface area contributed by atoms with Gasteiger partial charge in [0.25, 0.3) is 0 Å². The van der Waals surface area contributed by atoms with E-state index in [2.05, 4.69) is 24.1 Å². The Morgan fingerprint density at radius 2 is 1.73 bits per heavy atom. The molecule has 5 rings (SSSR count). The van der Waals surface area contributed by atoms with Gasteiger partial charge in [0.15, 0.2) is 0 Å². The first-order chi connectivity index (χ1) is 14.4. The Morgan fingerprint density at radius 1 is 1.00 bits per heavy atom. The van der Waals surface area contributed by atoms with Crippen LogP contribution in [0, 0.1) is 34.5 Å². The van der Waals surface area contributed by atoms with Gasteiger partial charge in [0.1, 0.15) is 0 Å². The third-order valence-electron chi connectivity index (χ3n) is 10.4. The molecule has 1 aliphatic heterocycles. The van der Waals surface area contributed by atoms with Crippen LogP contribution in [0.1, 0.15) is 71.6 Å². The van der Waals surface area contributed by atoms with Crippen molar-refractivity contribution in [2.45, 2.75) is 83.8 Å². The second-order valence-electron chi connectivity index (χ2n) is 11.7. The molecule has 0 unspecified atom stereocenters. The summed E-state index contributed by atoms with van der Waals surface area (Å²) in [5.74, 6) is 3.33. The highest BCUT2D eigenvalue weighted by Crippen LogP contribution is 2.66. The minimum absolute atomic E-state index is 0.0639. The van der Waals surface area contributed by atoms with Gasteiger partial charge in [-0.25, -0.2) is 0 Å². The Kier molecular flexibility index (Phi) is 5.69. The quantitative estimate of drug-likeness (QED) is 0.739. The van der Waals surface area contributed by atoms with Crippen LogP contribution >= 0.6 is 0 Å². The minimum atomic E-state index is -0.0639. The lowest BCUT2D eigenvalue weighted by molar-refractivity contribution is -0.131. The zero-order valence-electron chi connectivity index (χ0n) is 19.1. The van der Waals surface area contributed by atoms with Crippen molar-refractivity contribution >= 4 is 5.91 Å². The van der Waals surface area contributed by atoms with Crippen molar-refractivity contribution in [1.29, 1.82) is 0 Å². The van der Waals surface area contributed by atoms with Crippen molar-refractivity contribution in [3.05, 3.63) is 0 Å². The molecular weight excluding hydrogens is 376 g/mol. The first-order valence-corrected chi connectivity index (χ1v) is 12.7. The number of nitrogens with zero attached hydrogens (tertiary/aromatic N) is 1. The fourth-order valence-electron chi connectivity index (χ4n) is 8.67. The van der Waals surface area contributed by atoms with Crippen molar-refractivity contribution in [3.63, 3.8) is 0 Å². The third kappa shape index (κ3) is 3.53. The summed E-state index contributed by atoms with van der Waals surface area (Å²) < 4.78 is 5.42. The number of amides is 1. The zero-order valence-corrected chi connectivity index (χ0v) is 19.1. The zero-order chi connectivity index (χ0) is 20.9. The van der Waals surface area contributed by atoms with Gasteiger partial charge in [-0.3, -0.25) is 9.69 Å². The van der Waals surface area contributed by atoms with Gasteiger partial charge < -0.3 is 15.2 Å². The third-order valence-corrected chi connectivity index (χ3v) is 10.4. The number of morpholine rings is 1. The van der Waals surface area contributed by atoms with Crippen molar-refractivity contribution in [1.82, 2.24) is 10.2 Å². The van der Waals surface area contributed by atoms with Gasteiger partial charge in [-0.05, 0) is 92.3 Å².